The van der Waals surface area contributed by atoms with E-state index in [1.807, 2.05) is 0 Å². The molecule has 2 nitrogen and oxygen atoms in total. The van der Waals surface area contributed by atoms with Crippen LogP contribution in [0.3, 0.4) is 0 Å². The van der Waals surface area contributed by atoms with E-state index >= 15 is 0 Å². The standard InChI is InChI=1S/C16H28N2/c1-7-17(8-2)15-13(5)11-12-14(6)16(15)18(9-3)10-4/h11-12H,7-10H2,1-6H3. The molecular weight excluding hydrogens is 220 g/mol. The largest absolute Gasteiger partial charge is 0.370 e. The van der Waals surface area contributed by atoms with Gasteiger partial charge in [-0.2, -0.15) is 0 Å². The average Bonchev–Trinajstić information content (AvgIpc) is 2.38. The normalized spacial score (nSPS) is 10.6. The Morgan fingerprint density at radius 1 is 0.667 bits per heavy atom. The minimum Gasteiger partial charge on any atom is -0.370 e. The molecular formula is C16H28N2. The second-order valence-corrected chi connectivity index (χ2v) is 4.74. The Labute approximate surface area is 113 Å². The third kappa shape index (κ3) is 2.80. The first kappa shape index (κ1) is 14.9. The molecule has 0 aliphatic heterocycles. The predicted molar refractivity (Wildman–Crippen MR) is 83.0 cm³/mol. The molecule has 0 saturated heterocycles. The molecule has 2 heteroatoms. The van der Waals surface area contributed by atoms with Crippen LogP contribution in [0.2, 0.25) is 0 Å². The van der Waals surface area contributed by atoms with Gasteiger partial charge in [0.25, 0.3) is 0 Å². The molecule has 18 heavy (non-hydrogen) atoms. The molecule has 0 fully saturated rings. The van der Waals surface area contributed by atoms with Gasteiger partial charge >= 0.3 is 0 Å². The summed E-state index contributed by atoms with van der Waals surface area (Å²) in [5.41, 5.74) is 5.60. The SMILES string of the molecule is CCN(CC)c1c(C)ccc(C)c1N(CC)CC. The van der Waals surface area contributed by atoms with Gasteiger partial charge in [-0.05, 0) is 52.7 Å². The van der Waals surface area contributed by atoms with Crippen molar-refractivity contribution in [1.29, 1.82) is 0 Å². The fraction of sp³-hybridized carbons (Fsp3) is 0.625. The lowest BCUT2D eigenvalue weighted by molar-refractivity contribution is 0.826. The van der Waals surface area contributed by atoms with Gasteiger partial charge < -0.3 is 9.80 Å². The molecule has 0 bridgehead atoms. The zero-order valence-corrected chi connectivity index (χ0v) is 12.9. The number of rotatable bonds is 6. The van der Waals surface area contributed by atoms with Gasteiger partial charge in [0, 0.05) is 26.2 Å². The highest BCUT2D eigenvalue weighted by Crippen LogP contribution is 2.35. The summed E-state index contributed by atoms with van der Waals surface area (Å²) in [6, 6.07) is 4.49. The minimum absolute atomic E-state index is 1.06. The first-order chi connectivity index (χ1) is 8.60. The van der Waals surface area contributed by atoms with Gasteiger partial charge in [0.1, 0.15) is 0 Å². The third-order valence-electron chi connectivity index (χ3n) is 3.71. The molecule has 0 radical (unpaired) electrons. The summed E-state index contributed by atoms with van der Waals surface area (Å²) in [7, 11) is 0. The van der Waals surface area contributed by atoms with E-state index in [2.05, 4.69) is 63.5 Å². The Morgan fingerprint density at radius 3 is 1.17 bits per heavy atom. The maximum Gasteiger partial charge on any atom is 0.0636 e. The van der Waals surface area contributed by atoms with Crippen LogP contribution < -0.4 is 9.80 Å². The van der Waals surface area contributed by atoms with Crippen LogP contribution in [0.4, 0.5) is 11.4 Å². The zero-order chi connectivity index (χ0) is 13.7. The highest BCUT2D eigenvalue weighted by molar-refractivity contribution is 5.78. The monoisotopic (exact) mass is 248 g/mol. The van der Waals surface area contributed by atoms with Crippen molar-refractivity contribution in [1.82, 2.24) is 0 Å². The molecule has 0 unspecified atom stereocenters. The van der Waals surface area contributed by atoms with E-state index in [-0.39, 0.29) is 0 Å². The van der Waals surface area contributed by atoms with E-state index in [1.54, 1.807) is 0 Å². The van der Waals surface area contributed by atoms with Crippen LogP contribution in [-0.2, 0) is 0 Å². The lowest BCUT2D eigenvalue weighted by Crippen LogP contribution is -2.29. The van der Waals surface area contributed by atoms with E-state index in [1.165, 1.54) is 22.5 Å². The maximum absolute atomic E-state index is 2.47. The Bertz CT molecular complexity index is 340. The Kier molecular flexibility index (Phi) is 5.52. The molecule has 0 aliphatic rings. The van der Waals surface area contributed by atoms with Crippen molar-refractivity contribution in [3.05, 3.63) is 23.3 Å². The van der Waals surface area contributed by atoms with E-state index in [9.17, 15) is 0 Å². The van der Waals surface area contributed by atoms with Crippen molar-refractivity contribution in [2.45, 2.75) is 41.5 Å². The topological polar surface area (TPSA) is 6.48 Å². The summed E-state index contributed by atoms with van der Waals surface area (Å²) in [6.07, 6.45) is 0. The van der Waals surface area contributed by atoms with Crippen molar-refractivity contribution < 1.29 is 0 Å². The second-order valence-electron chi connectivity index (χ2n) is 4.74. The number of nitrogens with zero attached hydrogens (tertiary/aromatic N) is 2. The summed E-state index contributed by atoms with van der Waals surface area (Å²) in [4.78, 5) is 4.94. The van der Waals surface area contributed by atoms with Crippen molar-refractivity contribution in [3.8, 4) is 0 Å². The van der Waals surface area contributed by atoms with Gasteiger partial charge in [-0.3, -0.25) is 0 Å². The van der Waals surface area contributed by atoms with Gasteiger partial charge in [-0.15, -0.1) is 0 Å². The molecule has 0 saturated carbocycles. The van der Waals surface area contributed by atoms with Gasteiger partial charge in [-0.25, -0.2) is 0 Å². The molecule has 0 aromatic heterocycles. The number of hydrogen-bond donors (Lipinski definition) is 0. The highest BCUT2D eigenvalue weighted by atomic mass is 15.2. The molecule has 0 aliphatic carbocycles. The minimum atomic E-state index is 1.06. The second kappa shape index (κ2) is 6.67. The smallest absolute Gasteiger partial charge is 0.0636 e. The summed E-state index contributed by atoms with van der Waals surface area (Å²) in [6.45, 7) is 17.6. The van der Waals surface area contributed by atoms with Crippen LogP contribution in [0.25, 0.3) is 0 Å². The lowest BCUT2D eigenvalue weighted by atomic mass is 10.0. The van der Waals surface area contributed by atoms with E-state index in [0.29, 0.717) is 0 Å². The lowest BCUT2D eigenvalue weighted by Gasteiger charge is -2.33. The number of hydrogen-bond acceptors (Lipinski definition) is 2. The van der Waals surface area contributed by atoms with Crippen molar-refractivity contribution in [2.75, 3.05) is 36.0 Å². The third-order valence-corrected chi connectivity index (χ3v) is 3.71. The van der Waals surface area contributed by atoms with Gasteiger partial charge in [-0.1, -0.05) is 12.1 Å². The summed E-state index contributed by atoms with van der Waals surface area (Å²) in [5.74, 6) is 0. The van der Waals surface area contributed by atoms with Crippen LogP contribution in [0.5, 0.6) is 0 Å². The summed E-state index contributed by atoms with van der Waals surface area (Å²) < 4.78 is 0. The average molecular weight is 248 g/mol. The Balaban J connectivity index is 3.41. The van der Waals surface area contributed by atoms with E-state index in [0.717, 1.165) is 26.2 Å². The number of anilines is 2. The van der Waals surface area contributed by atoms with E-state index in [4.69, 9.17) is 0 Å². The molecule has 0 spiro atoms. The predicted octanol–water partition coefficient (Wildman–Crippen LogP) is 4.00. The van der Waals surface area contributed by atoms with Crippen LogP contribution in [0, 0.1) is 13.8 Å². The van der Waals surface area contributed by atoms with Gasteiger partial charge in [0.05, 0.1) is 11.4 Å². The maximum atomic E-state index is 2.47. The molecule has 0 atom stereocenters. The number of benzene rings is 1. The quantitative estimate of drug-likeness (QED) is 0.751. The molecule has 0 N–H and O–H groups in total. The Morgan fingerprint density at radius 2 is 0.944 bits per heavy atom. The summed E-state index contributed by atoms with van der Waals surface area (Å²) >= 11 is 0. The van der Waals surface area contributed by atoms with Crippen molar-refractivity contribution in [2.24, 2.45) is 0 Å². The molecule has 1 aromatic rings. The van der Waals surface area contributed by atoms with Crippen LogP contribution in [0.1, 0.15) is 38.8 Å². The summed E-state index contributed by atoms with van der Waals surface area (Å²) in [5, 5.41) is 0. The van der Waals surface area contributed by atoms with Crippen LogP contribution in [-0.4, -0.2) is 26.2 Å². The first-order valence-corrected chi connectivity index (χ1v) is 7.20. The van der Waals surface area contributed by atoms with Crippen molar-refractivity contribution >= 4 is 11.4 Å². The highest BCUT2D eigenvalue weighted by Gasteiger charge is 2.17. The fourth-order valence-electron chi connectivity index (χ4n) is 2.66. The van der Waals surface area contributed by atoms with E-state index < -0.39 is 0 Å². The van der Waals surface area contributed by atoms with Crippen LogP contribution >= 0.6 is 0 Å². The van der Waals surface area contributed by atoms with Crippen LogP contribution in [0.15, 0.2) is 12.1 Å². The van der Waals surface area contributed by atoms with Gasteiger partial charge in [0.2, 0.25) is 0 Å². The molecule has 0 amide bonds. The fourth-order valence-corrected chi connectivity index (χ4v) is 2.66. The van der Waals surface area contributed by atoms with Gasteiger partial charge in [0.15, 0.2) is 0 Å². The number of aryl methyl sites for hydroxylation is 2. The zero-order valence-electron chi connectivity index (χ0n) is 12.9. The Hall–Kier alpha value is -1.18. The molecule has 0 heterocycles. The van der Waals surface area contributed by atoms with Crippen molar-refractivity contribution in [3.63, 3.8) is 0 Å². The molecule has 102 valence electrons. The first-order valence-electron chi connectivity index (χ1n) is 7.20. The molecule has 1 rings (SSSR count). The molecule has 1 aromatic carbocycles.